The summed E-state index contributed by atoms with van der Waals surface area (Å²) >= 11 is 6.23. The molecule has 6 nitrogen and oxygen atoms in total. The van der Waals surface area contributed by atoms with Gasteiger partial charge in [0.2, 0.25) is 5.91 Å². The zero-order valence-corrected chi connectivity index (χ0v) is 16.2. The molecule has 28 heavy (non-hydrogen) atoms. The van der Waals surface area contributed by atoms with E-state index >= 15 is 0 Å². The Hall–Kier alpha value is -2.86. The summed E-state index contributed by atoms with van der Waals surface area (Å²) in [4.78, 5) is 18.8. The van der Waals surface area contributed by atoms with Gasteiger partial charge >= 0.3 is 0 Å². The van der Waals surface area contributed by atoms with Gasteiger partial charge in [-0.15, -0.1) is 0 Å². The molecule has 1 aliphatic heterocycles. The summed E-state index contributed by atoms with van der Waals surface area (Å²) in [5, 5.41) is 4.78. The van der Waals surface area contributed by atoms with Crippen molar-refractivity contribution in [3.63, 3.8) is 0 Å². The fourth-order valence-electron chi connectivity index (χ4n) is 3.36. The molecule has 1 atom stereocenters. The number of hydrogen-bond acceptors (Lipinski definition) is 5. The zero-order valence-electron chi connectivity index (χ0n) is 15.5. The van der Waals surface area contributed by atoms with E-state index in [0.29, 0.717) is 48.6 Å². The van der Waals surface area contributed by atoms with Crippen molar-refractivity contribution in [1.82, 2.24) is 15.0 Å². The summed E-state index contributed by atoms with van der Waals surface area (Å²) in [7, 11) is 0. The van der Waals surface area contributed by atoms with E-state index in [1.54, 1.807) is 4.90 Å². The molecule has 1 amide bonds. The Bertz CT molecular complexity index is 988. The van der Waals surface area contributed by atoms with Crippen LogP contribution in [0.3, 0.4) is 0 Å². The lowest BCUT2D eigenvalue weighted by Crippen LogP contribution is -2.24. The standard InChI is InChI=1S/C21H20ClN3O3/c1-2-27-18-10-6-4-8-16(18)21-23-20(24-28-21)15-11-19(26)25(13-15)12-14-7-3-5-9-17(14)22/h3-10,15H,2,11-13H2,1H3. The molecule has 7 heteroatoms. The number of nitrogens with zero attached hydrogens (tertiary/aromatic N) is 3. The number of benzene rings is 2. The van der Waals surface area contributed by atoms with Crippen LogP contribution in [-0.4, -0.2) is 34.1 Å². The Labute approximate surface area is 168 Å². The van der Waals surface area contributed by atoms with Crippen LogP contribution in [0, 0.1) is 0 Å². The van der Waals surface area contributed by atoms with Crippen LogP contribution in [0.25, 0.3) is 11.5 Å². The third-order valence-electron chi connectivity index (χ3n) is 4.76. The maximum atomic E-state index is 12.5. The van der Waals surface area contributed by atoms with Gasteiger partial charge in [0, 0.05) is 30.5 Å². The number of carbonyl (C=O) groups is 1. The largest absolute Gasteiger partial charge is 0.493 e. The fraction of sp³-hybridized carbons (Fsp3) is 0.286. The number of halogens is 1. The Morgan fingerprint density at radius 3 is 2.82 bits per heavy atom. The van der Waals surface area contributed by atoms with E-state index in [9.17, 15) is 4.79 Å². The summed E-state index contributed by atoms with van der Waals surface area (Å²) in [6, 6.07) is 15.1. The van der Waals surface area contributed by atoms with Gasteiger partial charge in [0.05, 0.1) is 12.2 Å². The summed E-state index contributed by atoms with van der Waals surface area (Å²) in [5.41, 5.74) is 1.68. The Balaban J connectivity index is 1.51. The number of hydrogen-bond donors (Lipinski definition) is 0. The van der Waals surface area contributed by atoms with Crippen LogP contribution in [-0.2, 0) is 11.3 Å². The first-order valence-electron chi connectivity index (χ1n) is 9.22. The molecule has 0 bridgehead atoms. The SMILES string of the molecule is CCOc1ccccc1-c1nc(C2CC(=O)N(Cc3ccccc3Cl)C2)no1. The van der Waals surface area contributed by atoms with Gasteiger partial charge in [-0.3, -0.25) is 4.79 Å². The molecule has 1 aliphatic rings. The molecule has 0 radical (unpaired) electrons. The summed E-state index contributed by atoms with van der Waals surface area (Å²) in [5.74, 6) is 1.59. The lowest BCUT2D eigenvalue weighted by Gasteiger charge is -2.16. The van der Waals surface area contributed by atoms with E-state index in [0.717, 1.165) is 11.1 Å². The van der Waals surface area contributed by atoms with Crippen molar-refractivity contribution < 1.29 is 14.1 Å². The molecular formula is C21H20ClN3O3. The monoisotopic (exact) mass is 397 g/mol. The molecular weight excluding hydrogens is 378 g/mol. The highest BCUT2D eigenvalue weighted by Crippen LogP contribution is 2.32. The van der Waals surface area contributed by atoms with E-state index in [1.807, 2.05) is 55.5 Å². The molecule has 2 aromatic carbocycles. The molecule has 1 aromatic heterocycles. The minimum atomic E-state index is -0.105. The summed E-state index contributed by atoms with van der Waals surface area (Å²) in [6.45, 7) is 3.49. The zero-order chi connectivity index (χ0) is 19.5. The average molecular weight is 398 g/mol. The van der Waals surface area contributed by atoms with Crippen molar-refractivity contribution in [3.8, 4) is 17.2 Å². The van der Waals surface area contributed by atoms with Crippen molar-refractivity contribution in [2.75, 3.05) is 13.2 Å². The molecule has 0 N–H and O–H groups in total. The molecule has 1 fully saturated rings. The first-order chi connectivity index (χ1) is 13.7. The molecule has 2 heterocycles. The third kappa shape index (κ3) is 3.73. The number of para-hydroxylation sites is 1. The van der Waals surface area contributed by atoms with Crippen LogP contribution < -0.4 is 4.74 Å². The van der Waals surface area contributed by atoms with E-state index in [1.165, 1.54) is 0 Å². The first kappa shape index (κ1) is 18.5. The second-order valence-electron chi connectivity index (χ2n) is 6.65. The van der Waals surface area contributed by atoms with Gasteiger partial charge in [-0.25, -0.2) is 0 Å². The van der Waals surface area contributed by atoms with Crippen molar-refractivity contribution in [3.05, 3.63) is 64.9 Å². The molecule has 0 saturated carbocycles. The molecule has 3 aromatic rings. The lowest BCUT2D eigenvalue weighted by molar-refractivity contribution is -0.128. The van der Waals surface area contributed by atoms with Crippen LogP contribution in [0.5, 0.6) is 5.75 Å². The van der Waals surface area contributed by atoms with Gasteiger partial charge in [-0.1, -0.05) is 47.1 Å². The van der Waals surface area contributed by atoms with E-state index < -0.39 is 0 Å². The third-order valence-corrected chi connectivity index (χ3v) is 5.13. The highest BCUT2D eigenvalue weighted by atomic mass is 35.5. The topological polar surface area (TPSA) is 68.5 Å². The minimum Gasteiger partial charge on any atom is -0.493 e. The van der Waals surface area contributed by atoms with Gasteiger partial charge in [-0.05, 0) is 30.7 Å². The number of aromatic nitrogens is 2. The Kier molecular flexibility index (Phi) is 5.30. The van der Waals surface area contributed by atoms with Gasteiger partial charge in [0.25, 0.3) is 5.89 Å². The maximum Gasteiger partial charge on any atom is 0.261 e. The van der Waals surface area contributed by atoms with Crippen LogP contribution >= 0.6 is 11.6 Å². The fourth-order valence-corrected chi connectivity index (χ4v) is 3.56. The molecule has 1 saturated heterocycles. The highest BCUT2D eigenvalue weighted by molar-refractivity contribution is 6.31. The van der Waals surface area contributed by atoms with Crippen LogP contribution in [0.1, 0.15) is 30.7 Å². The van der Waals surface area contributed by atoms with Gasteiger partial charge in [0.15, 0.2) is 5.82 Å². The van der Waals surface area contributed by atoms with Crippen LogP contribution in [0.2, 0.25) is 5.02 Å². The molecule has 0 spiro atoms. The predicted molar refractivity (Wildman–Crippen MR) is 105 cm³/mol. The molecule has 4 rings (SSSR count). The normalized spacial score (nSPS) is 16.6. The van der Waals surface area contributed by atoms with E-state index in [4.69, 9.17) is 20.9 Å². The number of amides is 1. The number of ether oxygens (including phenoxy) is 1. The smallest absolute Gasteiger partial charge is 0.261 e. The highest BCUT2D eigenvalue weighted by Gasteiger charge is 2.34. The van der Waals surface area contributed by atoms with Crippen LogP contribution in [0.15, 0.2) is 53.1 Å². The summed E-state index contributed by atoms with van der Waals surface area (Å²) < 4.78 is 11.1. The van der Waals surface area contributed by atoms with E-state index in [-0.39, 0.29) is 11.8 Å². The maximum absolute atomic E-state index is 12.5. The quantitative estimate of drug-likeness (QED) is 0.620. The Morgan fingerprint density at radius 1 is 1.21 bits per heavy atom. The van der Waals surface area contributed by atoms with Crippen molar-refractivity contribution >= 4 is 17.5 Å². The molecule has 144 valence electrons. The van der Waals surface area contributed by atoms with Crippen molar-refractivity contribution in [1.29, 1.82) is 0 Å². The number of carbonyl (C=O) groups excluding carboxylic acids is 1. The second-order valence-corrected chi connectivity index (χ2v) is 7.06. The van der Waals surface area contributed by atoms with Gasteiger partial charge in [0.1, 0.15) is 5.75 Å². The number of likely N-dealkylation sites (tertiary alicyclic amines) is 1. The van der Waals surface area contributed by atoms with Crippen molar-refractivity contribution in [2.24, 2.45) is 0 Å². The van der Waals surface area contributed by atoms with E-state index in [2.05, 4.69) is 10.1 Å². The van der Waals surface area contributed by atoms with Crippen LogP contribution in [0.4, 0.5) is 0 Å². The number of rotatable bonds is 6. The molecule has 1 unspecified atom stereocenters. The van der Waals surface area contributed by atoms with Crippen molar-refractivity contribution in [2.45, 2.75) is 25.8 Å². The predicted octanol–water partition coefficient (Wildman–Crippen LogP) is 4.30. The van der Waals surface area contributed by atoms with Gasteiger partial charge < -0.3 is 14.2 Å². The first-order valence-corrected chi connectivity index (χ1v) is 9.60. The lowest BCUT2D eigenvalue weighted by atomic mass is 10.1. The molecule has 0 aliphatic carbocycles. The summed E-state index contributed by atoms with van der Waals surface area (Å²) in [6.07, 6.45) is 0.358. The van der Waals surface area contributed by atoms with Gasteiger partial charge in [-0.2, -0.15) is 4.98 Å². The second kappa shape index (κ2) is 8.02. The minimum absolute atomic E-state index is 0.0611. The average Bonchev–Trinajstić information content (AvgIpc) is 3.32. The Morgan fingerprint density at radius 2 is 2.00 bits per heavy atom.